The van der Waals surface area contributed by atoms with E-state index in [2.05, 4.69) is 15.6 Å². The molecule has 0 fully saturated rings. The Hall–Kier alpha value is -3.16. The number of halogens is 1. The van der Waals surface area contributed by atoms with Gasteiger partial charge in [0.25, 0.3) is 11.8 Å². The van der Waals surface area contributed by atoms with Gasteiger partial charge in [-0.3, -0.25) is 14.9 Å². The van der Waals surface area contributed by atoms with Gasteiger partial charge in [0.05, 0.1) is 15.9 Å². The molecule has 0 saturated carbocycles. The summed E-state index contributed by atoms with van der Waals surface area (Å²) in [5.41, 5.74) is 2.65. The number of carbonyl (C=O) groups excluding carboxylic acids is 2. The molecule has 2 N–H and O–H groups in total. The molecule has 0 unspecified atom stereocenters. The number of fused-ring (bicyclic) bond motifs is 1. The van der Waals surface area contributed by atoms with E-state index >= 15 is 0 Å². The lowest BCUT2D eigenvalue weighted by Gasteiger charge is -2.07. The minimum Gasteiger partial charge on any atom is -0.321 e. The van der Waals surface area contributed by atoms with Crippen molar-refractivity contribution in [3.05, 3.63) is 75.4 Å². The summed E-state index contributed by atoms with van der Waals surface area (Å²) in [5.74, 6) is -0.0384. The summed E-state index contributed by atoms with van der Waals surface area (Å²) in [6.07, 6.45) is 0. The Bertz CT molecular complexity index is 1170. The van der Waals surface area contributed by atoms with Crippen LogP contribution >= 0.6 is 22.9 Å². The van der Waals surface area contributed by atoms with Gasteiger partial charge in [0.15, 0.2) is 0 Å². The molecule has 2 aromatic carbocycles. The van der Waals surface area contributed by atoms with Crippen LogP contribution in [0.25, 0.3) is 11.0 Å². The van der Waals surface area contributed by atoms with Crippen molar-refractivity contribution in [3.8, 4) is 0 Å². The van der Waals surface area contributed by atoms with Crippen molar-refractivity contribution >= 4 is 57.4 Å². The molecule has 0 radical (unpaired) electrons. The molecule has 8 heteroatoms. The Kier molecular flexibility index (Phi) is 4.85. The van der Waals surface area contributed by atoms with E-state index in [1.54, 1.807) is 47.0 Å². The van der Waals surface area contributed by atoms with E-state index in [4.69, 9.17) is 11.6 Å². The van der Waals surface area contributed by atoms with Crippen molar-refractivity contribution < 1.29 is 9.59 Å². The average molecular weight is 411 g/mol. The first kappa shape index (κ1) is 18.2. The second-order valence-corrected chi connectivity index (χ2v) is 7.47. The largest absolute Gasteiger partial charge is 0.321 e. The van der Waals surface area contributed by atoms with Crippen LogP contribution in [-0.2, 0) is 7.05 Å². The maximum Gasteiger partial charge on any atom is 0.265 e. The van der Waals surface area contributed by atoms with Gasteiger partial charge in [-0.25, -0.2) is 4.98 Å². The van der Waals surface area contributed by atoms with Crippen LogP contribution in [0.2, 0.25) is 5.02 Å². The summed E-state index contributed by atoms with van der Waals surface area (Å²) in [4.78, 5) is 29.7. The van der Waals surface area contributed by atoms with Crippen molar-refractivity contribution in [2.24, 2.45) is 7.05 Å². The number of imidazole rings is 1. The Balaban J connectivity index is 1.48. The fourth-order valence-corrected chi connectivity index (χ4v) is 3.55. The highest BCUT2D eigenvalue weighted by atomic mass is 35.5. The highest BCUT2D eigenvalue weighted by Crippen LogP contribution is 2.22. The molecule has 0 aliphatic rings. The van der Waals surface area contributed by atoms with Crippen LogP contribution in [-0.4, -0.2) is 21.4 Å². The van der Waals surface area contributed by atoms with Crippen LogP contribution in [0, 0.1) is 0 Å². The monoisotopic (exact) mass is 410 g/mol. The van der Waals surface area contributed by atoms with E-state index in [-0.39, 0.29) is 11.8 Å². The maximum atomic E-state index is 12.6. The van der Waals surface area contributed by atoms with Gasteiger partial charge < -0.3 is 9.88 Å². The van der Waals surface area contributed by atoms with Crippen molar-refractivity contribution in [1.29, 1.82) is 0 Å². The molecule has 6 nitrogen and oxygen atoms in total. The van der Waals surface area contributed by atoms with E-state index in [9.17, 15) is 9.59 Å². The normalized spacial score (nSPS) is 10.8. The van der Waals surface area contributed by atoms with Crippen LogP contribution in [0.3, 0.4) is 0 Å². The van der Waals surface area contributed by atoms with Crippen molar-refractivity contribution in [2.45, 2.75) is 0 Å². The number of nitrogens with zero attached hydrogens (tertiary/aromatic N) is 2. The molecule has 0 aliphatic heterocycles. The molecule has 0 bridgehead atoms. The van der Waals surface area contributed by atoms with Crippen LogP contribution in [0.4, 0.5) is 11.6 Å². The number of hydrogen-bond acceptors (Lipinski definition) is 4. The third-order valence-corrected chi connectivity index (χ3v) is 5.32. The SMILES string of the molecule is Cn1c(NC(=O)c2ccc(NC(=O)c3cccs3)cc2)nc2cc(Cl)ccc21. The summed E-state index contributed by atoms with van der Waals surface area (Å²) in [7, 11) is 1.82. The van der Waals surface area contributed by atoms with Gasteiger partial charge in [0.2, 0.25) is 5.95 Å². The topological polar surface area (TPSA) is 76.0 Å². The lowest BCUT2D eigenvalue weighted by molar-refractivity contribution is 0.102. The third-order valence-electron chi connectivity index (χ3n) is 4.22. The summed E-state index contributed by atoms with van der Waals surface area (Å²) < 4.78 is 1.79. The fraction of sp³-hybridized carbons (Fsp3) is 0.0500. The van der Waals surface area contributed by atoms with E-state index in [0.29, 0.717) is 32.6 Å². The van der Waals surface area contributed by atoms with E-state index in [1.807, 2.05) is 24.6 Å². The second-order valence-electron chi connectivity index (χ2n) is 6.09. The first-order valence-corrected chi connectivity index (χ1v) is 9.65. The lowest BCUT2D eigenvalue weighted by Crippen LogP contribution is -2.15. The Morgan fingerprint density at radius 2 is 1.82 bits per heavy atom. The number of hydrogen-bond donors (Lipinski definition) is 2. The number of anilines is 2. The molecule has 2 heterocycles. The molecule has 140 valence electrons. The number of rotatable bonds is 4. The molecule has 0 saturated heterocycles. The first-order chi connectivity index (χ1) is 13.5. The van der Waals surface area contributed by atoms with Gasteiger partial charge >= 0.3 is 0 Å². The number of amides is 2. The van der Waals surface area contributed by atoms with Crippen molar-refractivity contribution in [2.75, 3.05) is 10.6 Å². The summed E-state index contributed by atoms with van der Waals surface area (Å²) in [6.45, 7) is 0. The van der Waals surface area contributed by atoms with E-state index in [0.717, 1.165) is 5.52 Å². The molecule has 0 spiro atoms. The van der Waals surface area contributed by atoms with Crippen molar-refractivity contribution in [3.63, 3.8) is 0 Å². The van der Waals surface area contributed by atoms with Gasteiger partial charge in [-0.05, 0) is 53.9 Å². The number of carbonyl (C=O) groups is 2. The summed E-state index contributed by atoms with van der Waals surface area (Å²) in [5, 5.41) is 8.04. The number of aryl methyl sites for hydroxylation is 1. The molecule has 0 aliphatic carbocycles. The van der Waals surface area contributed by atoms with E-state index in [1.165, 1.54) is 11.3 Å². The Labute approximate surface area is 169 Å². The highest BCUT2D eigenvalue weighted by Gasteiger charge is 2.13. The molecule has 4 rings (SSSR count). The number of nitrogens with one attached hydrogen (secondary N) is 2. The number of benzene rings is 2. The molecule has 28 heavy (non-hydrogen) atoms. The minimum atomic E-state index is -0.291. The smallest absolute Gasteiger partial charge is 0.265 e. The van der Waals surface area contributed by atoms with Gasteiger partial charge in [0, 0.05) is 23.3 Å². The van der Waals surface area contributed by atoms with Gasteiger partial charge in [-0.15, -0.1) is 11.3 Å². The van der Waals surface area contributed by atoms with Crippen LogP contribution in [0.15, 0.2) is 60.0 Å². The quantitative estimate of drug-likeness (QED) is 0.507. The van der Waals surface area contributed by atoms with E-state index < -0.39 is 0 Å². The standard InChI is InChI=1S/C20H15ClN4O2S/c1-25-16-9-6-13(21)11-15(16)23-20(25)24-18(26)12-4-7-14(8-5-12)22-19(27)17-3-2-10-28-17/h2-11H,1H3,(H,22,27)(H,23,24,26). The maximum absolute atomic E-state index is 12.6. The Morgan fingerprint density at radius 1 is 1.04 bits per heavy atom. The molecular weight excluding hydrogens is 396 g/mol. The lowest BCUT2D eigenvalue weighted by atomic mass is 10.2. The number of thiophene rings is 1. The van der Waals surface area contributed by atoms with Gasteiger partial charge in [-0.1, -0.05) is 17.7 Å². The molecule has 4 aromatic rings. The average Bonchev–Trinajstić information content (AvgIpc) is 3.31. The zero-order valence-corrected chi connectivity index (χ0v) is 16.3. The minimum absolute atomic E-state index is 0.175. The zero-order chi connectivity index (χ0) is 19.7. The molecular formula is C20H15ClN4O2S. The predicted octanol–water partition coefficient (Wildman–Crippen LogP) is 4.79. The van der Waals surface area contributed by atoms with Crippen LogP contribution in [0.5, 0.6) is 0 Å². The second kappa shape index (κ2) is 7.46. The molecule has 0 atom stereocenters. The fourth-order valence-electron chi connectivity index (χ4n) is 2.76. The Morgan fingerprint density at radius 3 is 2.54 bits per heavy atom. The third kappa shape index (κ3) is 3.62. The summed E-state index contributed by atoms with van der Waals surface area (Å²) in [6, 6.07) is 15.6. The van der Waals surface area contributed by atoms with Gasteiger partial charge in [0.1, 0.15) is 0 Å². The van der Waals surface area contributed by atoms with Crippen molar-refractivity contribution in [1.82, 2.24) is 9.55 Å². The molecule has 2 aromatic heterocycles. The number of aromatic nitrogens is 2. The molecule has 2 amide bonds. The highest BCUT2D eigenvalue weighted by molar-refractivity contribution is 7.12. The van der Waals surface area contributed by atoms with Crippen LogP contribution in [0.1, 0.15) is 20.0 Å². The first-order valence-electron chi connectivity index (χ1n) is 8.39. The van der Waals surface area contributed by atoms with Gasteiger partial charge in [-0.2, -0.15) is 0 Å². The zero-order valence-electron chi connectivity index (χ0n) is 14.8. The predicted molar refractivity (Wildman–Crippen MR) is 112 cm³/mol. The summed E-state index contributed by atoms with van der Waals surface area (Å²) >= 11 is 7.37. The van der Waals surface area contributed by atoms with Crippen LogP contribution < -0.4 is 10.6 Å².